The lowest BCUT2D eigenvalue weighted by Crippen LogP contribution is -2.08. The van der Waals surface area contributed by atoms with Gasteiger partial charge in [0.2, 0.25) is 0 Å². The summed E-state index contributed by atoms with van der Waals surface area (Å²) in [5.41, 5.74) is 2.01. The number of carbonyl (C=O) groups is 1. The molecule has 1 aromatic heterocycles. The second-order valence-corrected chi connectivity index (χ2v) is 8.17. The van der Waals surface area contributed by atoms with Crippen LogP contribution < -0.4 is 0 Å². The predicted molar refractivity (Wildman–Crippen MR) is 114 cm³/mol. The average molecular weight is 439 g/mol. The number of halogens is 3. The molecule has 0 amide bonds. The van der Waals surface area contributed by atoms with Gasteiger partial charge >= 0.3 is 12.1 Å². The molecular formula is C24H16F3NO2S. The minimum Gasteiger partial charge on any atom is -0.462 e. The van der Waals surface area contributed by atoms with Crippen LogP contribution in [0.15, 0.2) is 76.5 Å². The first-order valence-corrected chi connectivity index (χ1v) is 10.5. The van der Waals surface area contributed by atoms with Crippen LogP contribution in [-0.2, 0) is 10.9 Å². The Labute approximate surface area is 180 Å². The molecule has 0 saturated carbocycles. The number of hydrogen-bond donors (Lipinski definition) is 0. The van der Waals surface area contributed by atoms with Crippen molar-refractivity contribution in [1.29, 1.82) is 0 Å². The van der Waals surface area contributed by atoms with Crippen molar-refractivity contribution in [1.82, 2.24) is 4.57 Å². The molecule has 2 heterocycles. The van der Waals surface area contributed by atoms with Crippen LogP contribution >= 0.6 is 11.8 Å². The molecule has 0 bridgehead atoms. The maximum absolute atomic E-state index is 13.7. The van der Waals surface area contributed by atoms with Crippen LogP contribution in [0.3, 0.4) is 0 Å². The van der Waals surface area contributed by atoms with Gasteiger partial charge in [0.1, 0.15) is 0 Å². The molecule has 0 atom stereocenters. The highest BCUT2D eigenvalue weighted by Gasteiger charge is 2.36. The minimum absolute atomic E-state index is 0.122. The van der Waals surface area contributed by atoms with Crippen LogP contribution in [0.25, 0.3) is 27.8 Å². The lowest BCUT2D eigenvalue weighted by molar-refractivity contribution is -0.137. The van der Waals surface area contributed by atoms with Gasteiger partial charge in [0.25, 0.3) is 0 Å². The number of nitrogens with zero attached hydrogens (tertiary/aromatic N) is 1. The van der Waals surface area contributed by atoms with Crippen LogP contribution in [0, 0.1) is 0 Å². The molecule has 3 nitrogen and oxygen atoms in total. The van der Waals surface area contributed by atoms with Crippen LogP contribution in [0.1, 0.15) is 22.8 Å². The predicted octanol–water partition coefficient (Wildman–Crippen LogP) is 6.96. The van der Waals surface area contributed by atoms with E-state index in [-0.39, 0.29) is 17.6 Å². The number of ether oxygens (including phenoxy) is 1. The molecule has 1 aliphatic heterocycles. The summed E-state index contributed by atoms with van der Waals surface area (Å²) in [5.74, 6) is -0.639. The normalized spacial score (nSPS) is 12.6. The fraction of sp³-hybridized carbons (Fsp3) is 0.125. The molecule has 0 saturated heterocycles. The highest BCUT2D eigenvalue weighted by Crippen LogP contribution is 2.50. The third kappa shape index (κ3) is 3.11. The number of rotatable bonds is 3. The maximum Gasteiger partial charge on any atom is 0.416 e. The zero-order chi connectivity index (χ0) is 21.8. The van der Waals surface area contributed by atoms with Crippen molar-refractivity contribution in [2.45, 2.75) is 22.9 Å². The summed E-state index contributed by atoms with van der Waals surface area (Å²) < 4.78 is 48.4. The second kappa shape index (κ2) is 7.20. The van der Waals surface area contributed by atoms with E-state index in [0.717, 1.165) is 28.3 Å². The number of aromatic nitrogens is 1. The highest BCUT2D eigenvalue weighted by atomic mass is 32.2. The Morgan fingerprint density at radius 2 is 1.71 bits per heavy atom. The van der Waals surface area contributed by atoms with Crippen molar-refractivity contribution in [2.75, 3.05) is 6.61 Å². The quantitative estimate of drug-likeness (QED) is 0.285. The van der Waals surface area contributed by atoms with Crippen LogP contribution in [-0.4, -0.2) is 17.1 Å². The van der Waals surface area contributed by atoms with Crippen LogP contribution in [0.4, 0.5) is 13.2 Å². The molecule has 156 valence electrons. The van der Waals surface area contributed by atoms with E-state index in [2.05, 4.69) is 0 Å². The Bertz CT molecular complexity index is 1330. The van der Waals surface area contributed by atoms with Gasteiger partial charge in [-0.25, -0.2) is 4.79 Å². The molecule has 31 heavy (non-hydrogen) atoms. The molecule has 0 N–H and O–H groups in total. The molecule has 0 radical (unpaired) electrons. The molecule has 0 fully saturated rings. The topological polar surface area (TPSA) is 31.2 Å². The van der Waals surface area contributed by atoms with Crippen molar-refractivity contribution in [3.63, 3.8) is 0 Å². The molecule has 7 heteroatoms. The van der Waals surface area contributed by atoms with E-state index in [4.69, 9.17) is 4.74 Å². The number of fused-ring (bicyclic) bond motifs is 2. The summed E-state index contributed by atoms with van der Waals surface area (Å²) in [6.07, 6.45) is -4.54. The number of esters is 1. The lowest BCUT2D eigenvalue weighted by atomic mass is 10.0. The van der Waals surface area contributed by atoms with E-state index < -0.39 is 17.7 Å². The zero-order valence-electron chi connectivity index (χ0n) is 16.4. The van der Waals surface area contributed by atoms with Crippen molar-refractivity contribution >= 4 is 28.6 Å². The Morgan fingerprint density at radius 3 is 2.42 bits per heavy atom. The van der Waals surface area contributed by atoms with E-state index in [1.807, 2.05) is 59.2 Å². The van der Waals surface area contributed by atoms with E-state index in [9.17, 15) is 18.0 Å². The zero-order valence-corrected chi connectivity index (χ0v) is 17.2. The number of para-hydroxylation sites is 1. The summed E-state index contributed by atoms with van der Waals surface area (Å²) in [5, 5.41) is 0.240. The Hall–Kier alpha value is -3.19. The summed E-state index contributed by atoms with van der Waals surface area (Å²) >= 11 is 1.27. The fourth-order valence-corrected chi connectivity index (χ4v) is 5.12. The maximum atomic E-state index is 13.7. The van der Waals surface area contributed by atoms with Crippen molar-refractivity contribution < 1.29 is 22.7 Å². The van der Waals surface area contributed by atoms with Gasteiger partial charge in [0.15, 0.2) is 0 Å². The lowest BCUT2D eigenvalue weighted by Gasteiger charge is -2.22. The van der Waals surface area contributed by atoms with Gasteiger partial charge in [-0.1, -0.05) is 54.2 Å². The molecule has 0 spiro atoms. The average Bonchev–Trinajstić information content (AvgIpc) is 3.10. The molecule has 0 aliphatic carbocycles. The molecule has 1 aliphatic rings. The first-order valence-electron chi connectivity index (χ1n) is 9.69. The molecule has 5 rings (SSSR count). The first-order chi connectivity index (χ1) is 14.9. The Balaban J connectivity index is 1.99. The third-order valence-corrected chi connectivity index (χ3v) is 6.30. The van der Waals surface area contributed by atoms with Gasteiger partial charge in [-0.2, -0.15) is 13.2 Å². The summed E-state index contributed by atoms with van der Waals surface area (Å²) in [6, 6.07) is 18.9. The van der Waals surface area contributed by atoms with Crippen molar-refractivity contribution in [3.05, 3.63) is 77.9 Å². The third-order valence-electron chi connectivity index (χ3n) is 5.21. The van der Waals surface area contributed by atoms with Crippen molar-refractivity contribution in [2.24, 2.45) is 0 Å². The van der Waals surface area contributed by atoms with E-state index in [1.54, 1.807) is 6.92 Å². The van der Waals surface area contributed by atoms with Gasteiger partial charge in [0.05, 0.1) is 34.6 Å². The SMILES string of the molecule is CCOC(=O)c1c(-c2ccccc2)n2c3c(cc(C(F)(F)F)cc13)Sc1ccccc1-2. The summed E-state index contributed by atoms with van der Waals surface area (Å²) in [6.45, 7) is 1.80. The molecule has 0 unspecified atom stereocenters. The first kappa shape index (κ1) is 19.8. The van der Waals surface area contributed by atoms with Gasteiger partial charge in [-0.15, -0.1) is 0 Å². The molecule has 3 aromatic carbocycles. The molecular weight excluding hydrogens is 423 g/mol. The van der Waals surface area contributed by atoms with Gasteiger partial charge in [-0.05, 0) is 36.8 Å². The number of hydrogen-bond acceptors (Lipinski definition) is 3. The van der Waals surface area contributed by atoms with E-state index in [1.165, 1.54) is 11.8 Å². The van der Waals surface area contributed by atoms with E-state index >= 15 is 0 Å². The Kier molecular flexibility index (Phi) is 4.59. The molecule has 4 aromatic rings. The smallest absolute Gasteiger partial charge is 0.416 e. The number of carbonyl (C=O) groups excluding carboxylic acids is 1. The van der Waals surface area contributed by atoms with Gasteiger partial charge < -0.3 is 9.30 Å². The summed E-state index contributed by atoms with van der Waals surface area (Å²) in [7, 11) is 0. The highest BCUT2D eigenvalue weighted by molar-refractivity contribution is 7.99. The number of benzene rings is 3. The standard InChI is InChI=1S/C24H16F3NO2S/c1-2-30-23(29)20-16-12-15(24(25,26)27)13-19-22(16)28(17-10-6-7-11-18(17)31-19)21(20)14-8-4-3-5-9-14/h3-13H,2H2,1H3. The van der Waals surface area contributed by atoms with Gasteiger partial charge in [0, 0.05) is 15.2 Å². The summed E-state index contributed by atoms with van der Waals surface area (Å²) in [4.78, 5) is 14.3. The number of alkyl halides is 3. The minimum atomic E-state index is -4.54. The van der Waals surface area contributed by atoms with Crippen LogP contribution in [0.5, 0.6) is 0 Å². The monoisotopic (exact) mass is 439 g/mol. The van der Waals surface area contributed by atoms with Crippen molar-refractivity contribution in [3.8, 4) is 16.9 Å². The largest absolute Gasteiger partial charge is 0.462 e. The van der Waals surface area contributed by atoms with E-state index in [0.29, 0.717) is 16.1 Å². The van der Waals surface area contributed by atoms with Crippen LogP contribution in [0.2, 0.25) is 0 Å². The fourth-order valence-electron chi connectivity index (χ4n) is 3.99. The van der Waals surface area contributed by atoms with Gasteiger partial charge in [-0.3, -0.25) is 0 Å². The second-order valence-electron chi connectivity index (χ2n) is 7.08. The Morgan fingerprint density at radius 1 is 1.00 bits per heavy atom.